The van der Waals surface area contributed by atoms with Gasteiger partial charge in [0.2, 0.25) is 5.90 Å². The molecule has 0 radical (unpaired) electrons. The number of cyclic esters (lactones) is 1. The molecule has 4 rings (SSSR count). The van der Waals surface area contributed by atoms with E-state index in [0.717, 1.165) is 5.56 Å². The van der Waals surface area contributed by atoms with E-state index in [0.29, 0.717) is 11.1 Å². The highest BCUT2D eigenvalue weighted by Crippen LogP contribution is 2.32. The molecule has 0 amide bonds. The number of hydrogen-bond donors (Lipinski definition) is 0. The van der Waals surface area contributed by atoms with E-state index in [2.05, 4.69) is 25.8 Å². The largest absolute Gasteiger partial charge is 0.490 e. The van der Waals surface area contributed by atoms with E-state index in [4.69, 9.17) is 13.7 Å². The molecule has 8 heteroatoms. The van der Waals surface area contributed by atoms with Crippen molar-refractivity contribution in [3.63, 3.8) is 0 Å². The minimum atomic E-state index is -4.04. The van der Waals surface area contributed by atoms with Crippen LogP contribution in [0.4, 0.5) is 0 Å². The molecule has 1 heterocycles. The summed E-state index contributed by atoms with van der Waals surface area (Å²) in [4.78, 5) is 16.9. The maximum atomic E-state index is 12.6. The van der Waals surface area contributed by atoms with E-state index in [-0.39, 0.29) is 40.0 Å². The first-order chi connectivity index (χ1) is 17.1. The molecule has 0 saturated carbocycles. The lowest BCUT2D eigenvalue weighted by molar-refractivity contribution is -0.129. The summed E-state index contributed by atoms with van der Waals surface area (Å²) in [6.45, 7) is 8.44. The van der Waals surface area contributed by atoms with Gasteiger partial charge >= 0.3 is 16.1 Å². The van der Waals surface area contributed by atoms with Gasteiger partial charge in [-0.25, -0.2) is 9.79 Å². The first-order valence-corrected chi connectivity index (χ1v) is 12.9. The lowest BCUT2D eigenvalue weighted by atomic mass is 9.87. The Labute approximate surface area is 211 Å². The molecule has 186 valence electrons. The van der Waals surface area contributed by atoms with Gasteiger partial charge in [0.15, 0.2) is 17.2 Å². The number of benzene rings is 3. The van der Waals surface area contributed by atoms with Crippen LogP contribution in [-0.2, 0) is 25.1 Å². The molecule has 7 nitrogen and oxygen atoms in total. The van der Waals surface area contributed by atoms with Crippen molar-refractivity contribution in [2.45, 2.75) is 38.0 Å². The molecule has 1 aliphatic heterocycles. The van der Waals surface area contributed by atoms with Gasteiger partial charge in [-0.05, 0) is 65.9 Å². The lowest BCUT2D eigenvalue weighted by Gasteiger charge is -2.18. The molecule has 0 unspecified atom stereocenters. The molecule has 3 aromatic rings. The smallest absolute Gasteiger partial charge is 0.363 e. The van der Waals surface area contributed by atoms with Crippen molar-refractivity contribution in [2.75, 3.05) is 6.61 Å². The molecule has 0 saturated heterocycles. The minimum absolute atomic E-state index is 0.00628. The highest BCUT2D eigenvalue weighted by Gasteiger charge is 2.25. The van der Waals surface area contributed by atoms with Crippen molar-refractivity contribution >= 4 is 28.1 Å². The van der Waals surface area contributed by atoms with Crippen LogP contribution in [0.25, 0.3) is 6.08 Å². The molecule has 0 aromatic heterocycles. The third kappa shape index (κ3) is 5.66. The number of carbonyl (C=O) groups excluding carboxylic acids is 1. The highest BCUT2D eigenvalue weighted by molar-refractivity contribution is 7.87. The van der Waals surface area contributed by atoms with Crippen LogP contribution >= 0.6 is 0 Å². The number of aliphatic imine (C=N–C) groups is 1. The Hall–Kier alpha value is -3.91. The number of rotatable bonds is 7. The SMILES string of the molecule is CCOc1cc(/C=C2/N=C(c3ccc(C(C)(C)C)cc3)OC2=O)ccc1OS(=O)(=O)c1ccccc1. The van der Waals surface area contributed by atoms with Crippen molar-refractivity contribution in [1.29, 1.82) is 0 Å². The number of esters is 1. The van der Waals surface area contributed by atoms with Gasteiger partial charge in [0, 0.05) is 5.56 Å². The lowest BCUT2D eigenvalue weighted by Crippen LogP contribution is -2.11. The monoisotopic (exact) mass is 505 g/mol. The maximum absolute atomic E-state index is 12.6. The zero-order valence-electron chi connectivity index (χ0n) is 20.5. The second-order valence-electron chi connectivity index (χ2n) is 9.15. The average molecular weight is 506 g/mol. The van der Waals surface area contributed by atoms with Crippen molar-refractivity contribution in [1.82, 2.24) is 0 Å². The summed E-state index contributed by atoms with van der Waals surface area (Å²) in [6.07, 6.45) is 1.55. The van der Waals surface area contributed by atoms with Gasteiger partial charge < -0.3 is 13.7 Å². The third-order valence-electron chi connectivity index (χ3n) is 5.42. The van der Waals surface area contributed by atoms with Gasteiger partial charge in [-0.2, -0.15) is 8.42 Å². The summed E-state index contributed by atoms with van der Waals surface area (Å²) in [7, 11) is -4.04. The topological polar surface area (TPSA) is 91.3 Å². The third-order valence-corrected chi connectivity index (χ3v) is 6.67. The quantitative estimate of drug-likeness (QED) is 0.239. The van der Waals surface area contributed by atoms with Crippen LogP contribution in [0.5, 0.6) is 11.5 Å². The van der Waals surface area contributed by atoms with Crippen LogP contribution in [0.3, 0.4) is 0 Å². The van der Waals surface area contributed by atoms with E-state index >= 15 is 0 Å². The Balaban J connectivity index is 1.60. The maximum Gasteiger partial charge on any atom is 0.363 e. The molecule has 0 atom stereocenters. The number of hydrogen-bond acceptors (Lipinski definition) is 7. The van der Waals surface area contributed by atoms with Crippen molar-refractivity contribution in [2.24, 2.45) is 4.99 Å². The normalized spacial score (nSPS) is 14.9. The molecule has 0 fully saturated rings. The molecule has 0 aliphatic carbocycles. The summed E-state index contributed by atoms with van der Waals surface area (Å²) in [5, 5.41) is 0. The van der Waals surface area contributed by atoms with Crippen LogP contribution in [-0.4, -0.2) is 26.9 Å². The standard InChI is InChI=1S/C28H27NO6S/c1-5-33-25-18-19(11-16-24(25)35-36(31,32)22-9-7-6-8-10-22)17-23-27(30)34-26(29-23)20-12-14-21(15-13-20)28(2,3)4/h6-18H,5H2,1-4H3/b23-17+. The molecule has 3 aromatic carbocycles. The Morgan fingerprint density at radius 2 is 1.64 bits per heavy atom. The molecule has 0 N–H and O–H groups in total. The number of ether oxygens (including phenoxy) is 2. The van der Waals surface area contributed by atoms with Crippen LogP contribution in [0.15, 0.2) is 88.4 Å². The van der Waals surface area contributed by atoms with Crippen LogP contribution < -0.4 is 8.92 Å². The average Bonchev–Trinajstić information content (AvgIpc) is 3.21. The van der Waals surface area contributed by atoms with Crippen LogP contribution in [0.2, 0.25) is 0 Å². The zero-order valence-corrected chi connectivity index (χ0v) is 21.3. The molecular formula is C28H27NO6S. The Morgan fingerprint density at radius 3 is 2.28 bits per heavy atom. The predicted molar refractivity (Wildman–Crippen MR) is 138 cm³/mol. The predicted octanol–water partition coefficient (Wildman–Crippen LogP) is 5.50. The van der Waals surface area contributed by atoms with E-state index < -0.39 is 16.1 Å². The second kappa shape index (κ2) is 9.99. The fourth-order valence-electron chi connectivity index (χ4n) is 3.51. The summed E-state index contributed by atoms with van der Waals surface area (Å²) in [5.41, 5.74) is 2.56. The fourth-order valence-corrected chi connectivity index (χ4v) is 4.47. The molecule has 1 aliphatic rings. The Morgan fingerprint density at radius 1 is 0.944 bits per heavy atom. The van der Waals surface area contributed by atoms with Gasteiger partial charge in [-0.3, -0.25) is 0 Å². The summed E-state index contributed by atoms with van der Waals surface area (Å²) in [5.74, 6) is -0.0832. The van der Waals surface area contributed by atoms with E-state index in [1.807, 2.05) is 24.3 Å². The Kier molecular flexibility index (Phi) is 6.99. The number of nitrogens with zero attached hydrogens (tertiary/aromatic N) is 1. The van der Waals surface area contributed by atoms with Crippen LogP contribution in [0.1, 0.15) is 44.4 Å². The van der Waals surface area contributed by atoms with Gasteiger partial charge in [0.05, 0.1) is 6.61 Å². The summed E-state index contributed by atoms with van der Waals surface area (Å²) in [6, 6.07) is 20.3. The van der Waals surface area contributed by atoms with Crippen LogP contribution in [0, 0.1) is 0 Å². The van der Waals surface area contributed by atoms with Gasteiger partial charge in [0.25, 0.3) is 0 Å². The van der Waals surface area contributed by atoms with E-state index in [1.165, 1.54) is 18.2 Å². The van der Waals surface area contributed by atoms with Crippen molar-refractivity contribution in [3.05, 3.63) is 95.2 Å². The molecule has 36 heavy (non-hydrogen) atoms. The highest BCUT2D eigenvalue weighted by atomic mass is 32.2. The minimum Gasteiger partial charge on any atom is -0.490 e. The second-order valence-corrected chi connectivity index (χ2v) is 10.7. The Bertz CT molecular complexity index is 1430. The molecular weight excluding hydrogens is 478 g/mol. The van der Waals surface area contributed by atoms with Gasteiger partial charge in [-0.15, -0.1) is 0 Å². The molecule has 0 bridgehead atoms. The van der Waals surface area contributed by atoms with Crippen molar-refractivity contribution < 1.29 is 26.9 Å². The first kappa shape index (κ1) is 25.2. The van der Waals surface area contributed by atoms with Crippen molar-refractivity contribution in [3.8, 4) is 11.5 Å². The van der Waals surface area contributed by atoms with Gasteiger partial charge in [0.1, 0.15) is 4.90 Å². The molecule has 0 spiro atoms. The van der Waals surface area contributed by atoms with Gasteiger partial charge in [-0.1, -0.05) is 57.2 Å². The first-order valence-electron chi connectivity index (χ1n) is 11.5. The zero-order chi connectivity index (χ0) is 25.9. The fraction of sp³-hybridized carbons (Fsp3) is 0.214. The summed E-state index contributed by atoms with van der Waals surface area (Å²) < 4.78 is 41.6. The van der Waals surface area contributed by atoms with E-state index in [9.17, 15) is 13.2 Å². The van der Waals surface area contributed by atoms with E-state index in [1.54, 1.807) is 43.3 Å². The number of carbonyl (C=O) groups is 1. The summed E-state index contributed by atoms with van der Waals surface area (Å²) >= 11 is 0.